The first-order chi connectivity index (χ1) is 19.5. The second kappa shape index (κ2) is 9.34. The summed E-state index contributed by atoms with van der Waals surface area (Å²) in [6, 6.07) is 12.6. The summed E-state index contributed by atoms with van der Waals surface area (Å²) in [5.41, 5.74) is 5.74. The van der Waals surface area contributed by atoms with Gasteiger partial charge in [-0.1, -0.05) is 23.4 Å². The molecule has 1 aliphatic carbocycles. The number of hydrogen-bond donors (Lipinski definition) is 3. The van der Waals surface area contributed by atoms with Gasteiger partial charge in [0, 0.05) is 25.1 Å². The Hall–Kier alpha value is -5.53. The molecular formula is C26H21N11O3. The molecule has 6 aromatic rings. The fraction of sp³-hybridized carbons (Fsp3) is 0.192. The molecule has 4 heterocycles. The van der Waals surface area contributed by atoms with Crippen LogP contribution in [0.15, 0.2) is 53.1 Å². The van der Waals surface area contributed by atoms with Crippen LogP contribution in [0.25, 0.3) is 28.1 Å². The molecule has 0 bridgehead atoms. The van der Waals surface area contributed by atoms with Crippen molar-refractivity contribution in [3.05, 3.63) is 82.6 Å². The monoisotopic (exact) mass is 535 g/mol. The molecule has 198 valence electrons. The lowest BCUT2D eigenvalue weighted by Crippen LogP contribution is -2.30. The van der Waals surface area contributed by atoms with Crippen molar-refractivity contribution in [2.45, 2.75) is 32.4 Å². The summed E-state index contributed by atoms with van der Waals surface area (Å²) in [5, 5.41) is 27.9. The van der Waals surface area contributed by atoms with E-state index in [4.69, 9.17) is 4.42 Å². The molecule has 0 radical (unpaired) electrons. The van der Waals surface area contributed by atoms with Crippen LogP contribution in [0.4, 0.5) is 0 Å². The number of rotatable bonds is 6. The lowest BCUT2D eigenvalue weighted by atomic mass is 10.0. The number of H-pyrrole nitrogens is 1. The zero-order chi connectivity index (χ0) is 27.2. The second-order valence-electron chi connectivity index (χ2n) is 9.46. The van der Waals surface area contributed by atoms with Crippen molar-refractivity contribution in [3.8, 4) is 11.4 Å². The number of oxazole rings is 1. The number of nitrogens with one attached hydrogen (secondary N) is 3. The SMILES string of the molecule is Cc1nc2cc(CNC(=O)c3cc(C(=O)N[C@H]4CCc5cc(-c6nn[nH]n6)ccc54)n4nncc4n3)ccc2o1. The van der Waals surface area contributed by atoms with Crippen LogP contribution in [0.5, 0.6) is 0 Å². The third-order valence-electron chi connectivity index (χ3n) is 6.87. The minimum Gasteiger partial charge on any atom is -0.441 e. The standard InChI is InChI=1S/C26H21N11O3/c1-13-29-19-8-14(2-7-22(19)40-13)11-27-25(38)20-10-21(37-23(30-20)12-28-36-37)26(39)31-18-6-4-15-9-16(3-5-17(15)18)24-32-34-35-33-24/h2-3,5,7-10,12,18H,4,6,11H2,1H3,(H,27,38)(H,31,39)(H,32,33,34,35)/t18-/m0/s1. The third-order valence-corrected chi connectivity index (χ3v) is 6.87. The highest BCUT2D eigenvalue weighted by Crippen LogP contribution is 2.33. The molecule has 4 aromatic heterocycles. The molecule has 1 atom stereocenters. The highest BCUT2D eigenvalue weighted by atomic mass is 16.3. The first kappa shape index (κ1) is 23.6. The van der Waals surface area contributed by atoms with E-state index in [2.05, 4.69) is 51.5 Å². The molecule has 2 aromatic carbocycles. The first-order valence-corrected chi connectivity index (χ1v) is 12.5. The Bertz CT molecular complexity index is 1910. The van der Waals surface area contributed by atoms with E-state index < -0.39 is 5.91 Å². The smallest absolute Gasteiger partial charge is 0.270 e. The number of carbonyl (C=O) groups is 2. The minimum absolute atomic E-state index is 0.0786. The third kappa shape index (κ3) is 4.20. The fourth-order valence-electron chi connectivity index (χ4n) is 5.00. The van der Waals surface area contributed by atoms with E-state index in [1.165, 1.54) is 16.8 Å². The number of amides is 2. The van der Waals surface area contributed by atoms with E-state index in [9.17, 15) is 9.59 Å². The minimum atomic E-state index is -0.436. The maximum Gasteiger partial charge on any atom is 0.270 e. The number of aromatic nitrogens is 9. The Kier molecular flexibility index (Phi) is 5.50. The average molecular weight is 536 g/mol. The van der Waals surface area contributed by atoms with Gasteiger partial charge in [-0.05, 0) is 52.9 Å². The predicted molar refractivity (Wildman–Crippen MR) is 139 cm³/mol. The molecule has 0 saturated heterocycles. The van der Waals surface area contributed by atoms with Crippen molar-refractivity contribution in [1.29, 1.82) is 0 Å². The fourth-order valence-corrected chi connectivity index (χ4v) is 5.00. The van der Waals surface area contributed by atoms with Gasteiger partial charge in [0.25, 0.3) is 11.8 Å². The number of benzene rings is 2. The molecule has 0 unspecified atom stereocenters. The van der Waals surface area contributed by atoms with Gasteiger partial charge in [-0.3, -0.25) is 9.59 Å². The van der Waals surface area contributed by atoms with Crippen molar-refractivity contribution in [2.24, 2.45) is 0 Å². The Morgan fingerprint density at radius 1 is 1.12 bits per heavy atom. The Morgan fingerprint density at radius 3 is 2.92 bits per heavy atom. The zero-order valence-corrected chi connectivity index (χ0v) is 21.1. The van der Waals surface area contributed by atoms with Crippen molar-refractivity contribution in [1.82, 2.24) is 56.1 Å². The van der Waals surface area contributed by atoms with Gasteiger partial charge < -0.3 is 15.1 Å². The second-order valence-corrected chi connectivity index (χ2v) is 9.46. The van der Waals surface area contributed by atoms with Crippen molar-refractivity contribution < 1.29 is 14.0 Å². The molecule has 14 heteroatoms. The van der Waals surface area contributed by atoms with Gasteiger partial charge >= 0.3 is 0 Å². The molecular weight excluding hydrogens is 514 g/mol. The Labute approximate surface area is 225 Å². The van der Waals surface area contributed by atoms with E-state index in [-0.39, 0.29) is 35.5 Å². The summed E-state index contributed by atoms with van der Waals surface area (Å²) in [6.45, 7) is 2.03. The summed E-state index contributed by atoms with van der Waals surface area (Å²) in [4.78, 5) is 35.2. The number of nitrogens with zero attached hydrogens (tertiary/aromatic N) is 8. The Balaban J connectivity index is 1.10. The van der Waals surface area contributed by atoms with Gasteiger partial charge in [0.2, 0.25) is 5.82 Å². The maximum atomic E-state index is 13.4. The van der Waals surface area contributed by atoms with Crippen LogP contribution in [0, 0.1) is 6.92 Å². The van der Waals surface area contributed by atoms with Gasteiger partial charge in [0.15, 0.2) is 17.1 Å². The highest BCUT2D eigenvalue weighted by molar-refractivity contribution is 5.98. The van der Waals surface area contributed by atoms with Crippen molar-refractivity contribution in [3.63, 3.8) is 0 Å². The summed E-state index contributed by atoms with van der Waals surface area (Å²) in [6.07, 6.45) is 2.91. The van der Waals surface area contributed by atoms with Crippen molar-refractivity contribution in [2.75, 3.05) is 0 Å². The molecule has 0 aliphatic heterocycles. The van der Waals surface area contributed by atoms with Crippen molar-refractivity contribution >= 4 is 28.6 Å². The molecule has 2 amide bonds. The summed E-state index contributed by atoms with van der Waals surface area (Å²) in [5.74, 6) is 0.261. The number of aryl methyl sites for hydroxylation is 2. The van der Waals surface area contributed by atoms with E-state index >= 15 is 0 Å². The predicted octanol–water partition coefficient (Wildman–Crippen LogP) is 2.10. The zero-order valence-electron chi connectivity index (χ0n) is 21.1. The normalized spacial score (nSPS) is 14.5. The van der Waals surface area contributed by atoms with Gasteiger partial charge in [-0.15, -0.1) is 15.3 Å². The maximum absolute atomic E-state index is 13.4. The summed E-state index contributed by atoms with van der Waals surface area (Å²) < 4.78 is 6.83. The Morgan fingerprint density at radius 2 is 2.05 bits per heavy atom. The lowest BCUT2D eigenvalue weighted by molar-refractivity contribution is 0.0928. The van der Waals surface area contributed by atoms with Crippen LogP contribution in [0.2, 0.25) is 0 Å². The van der Waals surface area contributed by atoms with Crippen LogP contribution >= 0.6 is 0 Å². The molecule has 7 rings (SSSR count). The van der Waals surface area contributed by atoms with Gasteiger partial charge in [-0.2, -0.15) is 9.73 Å². The summed E-state index contributed by atoms with van der Waals surface area (Å²) >= 11 is 0. The van der Waals surface area contributed by atoms with Crippen LogP contribution in [0.1, 0.15) is 56.0 Å². The van der Waals surface area contributed by atoms with E-state index in [0.717, 1.165) is 35.1 Å². The number of carbonyl (C=O) groups excluding carboxylic acids is 2. The van der Waals surface area contributed by atoms with Crippen LogP contribution < -0.4 is 10.6 Å². The number of hydrogen-bond acceptors (Lipinski definition) is 10. The molecule has 0 saturated carbocycles. The molecule has 3 N–H and O–H groups in total. The number of tetrazole rings is 1. The van der Waals surface area contributed by atoms with Crippen LogP contribution in [-0.4, -0.2) is 57.2 Å². The largest absolute Gasteiger partial charge is 0.441 e. The van der Waals surface area contributed by atoms with Crippen LogP contribution in [-0.2, 0) is 13.0 Å². The molecule has 14 nitrogen and oxygen atoms in total. The van der Waals surface area contributed by atoms with Crippen LogP contribution in [0.3, 0.4) is 0 Å². The molecule has 0 fully saturated rings. The molecule has 1 aliphatic rings. The van der Waals surface area contributed by atoms with E-state index in [1.807, 2.05) is 36.4 Å². The van der Waals surface area contributed by atoms with E-state index in [1.54, 1.807) is 6.92 Å². The number of aromatic amines is 1. The average Bonchev–Trinajstić information content (AvgIpc) is 3.77. The van der Waals surface area contributed by atoms with Gasteiger partial charge in [0.1, 0.15) is 16.9 Å². The van der Waals surface area contributed by atoms with E-state index in [0.29, 0.717) is 22.8 Å². The number of fused-ring (bicyclic) bond motifs is 3. The summed E-state index contributed by atoms with van der Waals surface area (Å²) in [7, 11) is 0. The van der Waals surface area contributed by atoms with Gasteiger partial charge in [0.05, 0.1) is 12.2 Å². The lowest BCUT2D eigenvalue weighted by Gasteiger charge is -2.15. The molecule has 0 spiro atoms. The first-order valence-electron chi connectivity index (χ1n) is 12.5. The van der Waals surface area contributed by atoms with Gasteiger partial charge in [-0.25, -0.2) is 9.97 Å². The molecule has 40 heavy (non-hydrogen) atoms. The topological polar surface area (TPSA) is 182 Å². The quantitative estimate of drug-likeness (QED) is 0.286. The highest BCUT2D eigenvalue weighted by Gasteiger charge is 2.27.